The normalized spacial score (nSPS) is 17.6. The summed E-state index contributed by atoms with van der Waals surface area (Å²) < 4.78 is 0. The maximum atomic E-state index is 12.4. The van der Waals surface area contributed by atoms with Gasteiger partial charge >= 0.3 is 5.97 Å². The zero-order valence-corrected chi connectivity index (χ0v) is 16.2. The molecular weight excluding hydrogens is 376 g/mol. The van der Waals surface area contributed by atoms with Crippen LogP contribution >= 0.6 is 0 Å². The quantitative estimate of drug-likeness (QED) is 0.169. The summed E-state index contributed by atoms with van der Waals surface area (Å²) in [6.45, 7) is 4.85. The molecule has 0 aromatic rings. The van der Waals surface area contributed by atoms with Crippen LogP contribution in [-0.2, 0) is 19.2 Å². The number of hydrogen-bond acceptors (Lipinski definition) is 8. The van der Waals surface area contributed by atoms with Gasteiger partial charge in [-0.25, -0.2) is 4.79 Å². The van der Waals surface area contributed by atoms with Crippen LogP contribution in [0, 0.1) is 5.92 Å². The monoisotopic (exact) mass is 406 g/mol. The second-order valence-corrected chi connectivity index (χ2v) is 6.81. The van der Waals surface area contributed by atoms with E-state index in [9.17, 15) is 29.4 Å². The first kappa shape index (κ1) is 25.7. The van der Waals surface area contributed by atoms with Crippen LogP contribution in [0.5, 0.6) is 0 Å². The summed E-state index contributed by atoms with van der Waals surface area (Å²) in [6.07, 6.45) is -2.80. The van der Waals surface area contributed by atoms with Crippen LogP contribution in [0.1, 0.15) is 27.7 Å². The lowest BCUT2D eigenvalue weighted by molar-refractivity contribution is -0.144. The Kier molecular flexibility index (Phi) is 10.6. The van der Waals surface area contributed by atoms with Crippen LogP contribution in [0.25, 0.3) is 0 Å². The highest BCUT2D eigenvalue weighted by Crippen LogP contribution is 2.04. The van der Waals surface area contributed by atoms with Crippen LogP contribution in [0.3, 0.4) is 0 Å². The number of aliphatic hydroxyl groups is 3. The van der Waals surface area contributed by atoms with Crippen molar-refractivity contribution in [2.75, 3.05) is 6.61 Å². The van der Waals surface area contributed by atoms with Crippen LogP contribution in [0.15, 0.2) is 0 Å². The van der Waals surface area contributed by atoms with Crippen LogP contribution in [0.2, 0.25) is 0 Å². The summed E-state index contributed by atoms with van der Waals surface area (Å²) in [6, 6.07) is -5.65. The molecule has 0 heterocycles. The molecule has 0 saturated carbocycles. The summed E-state index contributed by atoms with van der Waals surface area (Å²) in [5, 5.41) is 44.1. The van der Waals surface area contributed by atoms with Gasteiger partial charge in [-0.05, 0) is 19.8 Å². The number of hydrogen-bond donors (Lipinski definition) is 8. The molecule has 0 radical (unpaired) electrons. The van der Waals surface area contributed by atoms with Crippen molar-refractivity contribution in [3.63, 3.8) is 0 Å². The van der Waals surface area contributed by atoms with Gasteiger partial charge in [0.05, 0.1) is 18.8 Å². The molecule has 0 fully saturated rings. The van der Waals surface area contributed by atoms with Crippen LogP contribution in [0.4, 0.5) is 0 Å². The molecule has 0 aromatic heterocycles. The number of carboxylic acid groups (broad SMARTS) is 1. The molecule has 12 heteroatoms. The summed E-state index contributed by atoms with van der Waals surface area (Å²) in [5.41, 5.74) is 5.34. The van der Waals surface area contributed by atoms with Crippen molar-refractivity contribution in [3.8, 4) is 0 Å². The predicted octanol–water partition coefficient (Wildman–Crippen LogP) is -3.74. The third kappa shape index (κ3) is 7.76. The first-order valence-corrected chi connectivity index (χ1v) is 8.69. The molecule has 6 unspecified atom stereocenters. The van der Waals surface area contributed by atoms with Crippen molar-refractivity contribution in [1.29, 1.82) is 0 Å². The zero-order valence-electron chi connectivity index (χ0n) is 16.2. The topological polar surface area (TPSA) is 211 Å². The Morgan fingerprint density at radius 2 is 1.14 bits per heavy atom. The first-order valence-electron chi connectivity index (χ1n) is 8.69. The van der Waals surface area contributed by atoms with Gasteiger partial charge in [-0.3, -0.25) is 14.4 Å². The van der Waals surface area contributed by atoms with Gasteiger partial charge in [0.25, 0.3) is 0 Å². The molecule has 28 heavy (non-hydrogen) atoms. The molecule has 0 bridgehead atoms. The van der Waals surface area contributed by atoms with Gasteiger partial charge in [0.15, 0.2) is 0 Å². The minimum Gasteiger partial charge on any atom is -0.480 e. The number of carbonyl (C=O) groups is 4. The Labute approximate surface area is 162 Å². The van der Waals surface area contributed by atoms with Crippen LogP contribution < -0.4 is 21.7 Å². The summed E-state index contributed by atoms with van der Waals surface area (Å²) in [7, 11) is 0. The smallest absolute Gasteiger partial charge is 0.326 e. The van der Waals surface area contributed by atoms with Crippen LogP contribution in [-0.4, -0.2) is 87.1 Å². The van der Waals surface area contributed by atoms with Crippen molar-refractivity contribution in [1.82, 2.24) is 16.0 Å². The third-order valence-corrected chi connectivity index (χ3v) is 3.89. The van der Waals surface area contributed by atoms with E-state index in [1.54, 1.807) is 13.8 Å². The first-order chi connectivity index (χ1) is 12.8. The van der Waals surface area contributed by atoms with Gasteiger partial charge in [0, 0.05) is 0 Å². The Balaban J connectivity index is 5.32. The van der Waals surface area contributed by atoms with Gasteiger partial charge in [0.1, 0.15) is 24.2 Å². The molecule has 0 rings (SSSR count). The minimum absolute atomic E-state index is 0.462. The number of carbonyl (C=O) groups excluding carboxylic acids is 3. The number of nitrogens with one attached hydrogen (secondary N) is 3. The largest absolute Gasteiger partial charge is 0.480 e. The van der Waals surface area contributed by atoms with E-state index in [4.69, 9.17) is 15.9 Å². The summed E-state index contributed by atoms with van der Waals surface area (Å²) in [4.78, 5) is 47.8. The molecule has 3 amide bonds. The van der Waals surface area contributed by atoms with E-state index in [2.05, 4.69) is 16.0 Å². The standard InChI is InChI=1S/C16H30N4O8/c1-6(2)10(16(27)28)18-14(25)12(8(4)23)20-15(26)11(7(3)22)19-13(24)9(17)5-21/h6-12,21-23H,5,17H2,1-4H3,(H,18,25)(H,19,24)(H,20,26)(H,27,28). The molecule has 9 N–H and O–H groups in total. The molecule has 0 aliphatic carbocycles. The zero-order chi connectivity index (χ0) is 22.2. The van der Waals surface area contributed by atoms with Crippen molar-refractivity contribution >= 4 is 23.7 Å². The number of rotatable bonds is 11. The molecule has 0 aromatic carbocycles. The Bertz CT molecular complexity index is 567. The predicted molar refractivity (Wildman–Crippen MR) is 96.7 cm³/mol. The summed E-state index contributed by atoms with van der Waals surface area (Å²) in [5.74, 6) is -4.62. The van der Waals surface area contributed by atoms with E-state index < -0.39 is 72.6 Å². The lowest BCUT2D eigenvalue weighted by atomic mass is 10.0. The fraction of sp³-hybridized carbons (Fsp3) is 0.750. The highest BCUT2D eigenvalue weighted by molar-refractivity contribution is 5.94. The number of aliphatic hydroxyl groups excluding tert-OH is 3. The average molecular weight is 406 g/mol. The Hall–Kier alpha value is -2.28. The molecule has 0 aliphatic rings. The molecule has 12 nitrogen and oxygen atoms in total. The van der Waals surface area contributed by atoms with Gasteiger partial charge in [-0.1, -0.05) is 13.8 Å². The molecule has 162 valence electrons. The number of aliphatic carboxylic acids is 1. The fourth-order valence-electron chi connectivity index (χ4n) is 2.15. The van der Waals surface area contributed by atoms with Gasteiger partial charge in [0.2, 0.25) is 17.7 Å². The highest BCUT2D eigenvalue weighted by atomic mass is 16.4. The molecule has 0 aliphatic heterocycles. The third-order valence-electron chi connectivity index (χ3n) is 3.89. The lowest BCUT2D eigenvalue weighted by Crippen LogP contribution is -2.62. The maximum absolute atomic E-state index is 12.4. The maximum Gasteiger partial charge on any atom is 0.326 e. The van der Waals surface area contributed by atoms with Gasteiger partial charge in [-0.15, -0.1) is 0 Å². The van der Waals surface area contributed by atoms with E-state index in [1.165, 1.54) is 13.8 Å². The second kappa shape index (κ2) is 11.5. The van der Waals surface area contributed by atoms with Crippen molar-refractivity contribution in [2.24, 2.45) is 11.7 Å². The Morgan fingerprint density at radius 1 is 0.786 bits per heavy atom. The Morgan fingerprint density at radius 3 is 1.43 bits per heavy atom. The second-order valence-electron chi connectivity index (χ2n) is 6.81. The summed E-state index contributed by atoms with van der Waals surface area (Å²) >= 11 is 0. The van der Waals surface area contributed by atoms with E-state index >= 15 is 0 Å². The lowest BCUT2D eigenvalue weighted by Gasteiger charge is -2.28. The highest BCUT2D eigenvalue weighted by Gasteiger charge is 2.34. The van der Waals surface area contributed by atoms with Crippen molar-refractivity contribution < 1.29 is 39.6 Å². The number of carboxylic acids is 1. The molecule has 0 spiro atoms. The number of amides is 3. The van der Waals surface area contributed by atoms with E-state index in [1.807, 2.05) is 0 Å². The molecule has 0 saturated heterocycles. The van der Waals surface area contributed by atoms with Gasteiger partial charge < -0.3 is 42.1 Å². The van der Waals surface area contributed by atoms with Gasteiger partial charge in [-0.2, -0.15) is 0 Å². The average Bonchev–Trinajstić information content (AvgIpc) is 2.59. The molecule has 6 atom stereocenters. The SMILES string of the molecule is CC(C)C(NC(=O)C(NC(=O)C(NC(=O)C(N)CO)C(C)O)C(C)O)C(=O)O. The van der Waals surface area contributed by atoms with Crippen molar-refractivity contribution in [3.05, 3.63) is 0 Å². The minimum atomic E-state index is -1.54. The number of nitrogens with two attached hydrogens (primary N) is 1. The van der Waals surface area contributed by atoms with E-state index in [-0.39, 0.29) is 0 Å². The van der Waals surface area contributed by atoms with E-state index in [0.717, 1.165) is 0 Å². The fourth-order valence-corrected chi connectivity index (χ4v) is 2.15. The van der Waals surface area contributed by atoms with E-state index in [0.29, 0.717) is 0 Å². The van der Waals surface area contributed by atoms with Crippen molar-refractivity contribution in [2.45, 2.75) is 64.1 Å². The molecular formula is C16H30N4O8.